The van der Waals surface area contributed by atoms with Gasteiger partial charge in [-0.15, -0.1) is 0 Å². The summed E-state index contributed by atoms with van der Waals surface area (Å²) in [5.41, 5.74) is 1.35. The van der Waals surface area contributed by atoms with Crippen LogP contribution in [0.5, 0.6) is 11.5 Å². The summed E-state index contributed by atoms with van der Waals surface area (Å²) in [5, 5.41) is 10.2. The van der Waals surface area contributed by atoms with Crippen molar-refractivity contribution in [3.05, 3.63) is 75.3 Å². The minimum atomic E-state index is -0.508. The molecule has 0 amide bonds. The number of rotatable bonds is 1. The third-order valence-corrected chi connectivity index (χ3v) is 3.92. The molecule has 3 aromatic rings. The van der Waals surface area contributed by atoms with E-state index in [0.717, 1.165) is 5.56 Å². The molecule has 1 aliphatic rings. The van der Waals surface area contributed by atoms with Crippen LogP contribution in [0.4, 0.5) is 0 Å². The zero-order valence-electron chi connectivity index (χ0n) is 12.7. The normalized spacial score (nSPS) is 14.9. The summed E-state index contributed by atoms with van der Waals surface area (Å²) in [6.07, 6.45) is 1.54. The highest BCUT2D eigenvalue weighted by molar-refractivity contribution is 6.20. The molecule has 5 heteroatoms. The Kier molecular flexibility index (Phi) is 3.03. The number of benzene rings is 2. The molecule has 0 unspecified atom stereocenters. The van der Waals surface area contributed by atoms with Gasteiger partial charge in [0, 0.05) is 11.5 Å². The molecule has 0 spiro atoms. The Labute approximate surface area is 136 Å². The van der Waals surface area contributed by atoms with Crippen molar-refractivity contribution in [3.63, 3.8) is 0 Å². The first-order valence-electron chi connectivity index (χ1n) is 7.34. The summed E-state index contributed by atoms with van der Waals surface area (Å²) in [6, 6.07) is 11.3. The van der Waals surface area contributed by atoms with Gasteiger partial charge in [-0.1, -0.05) is 12.1 Å². The van der Waals surface area contributed by atoms with Crippen molar-refractivity contribution in [2.75, 3.05) is 0 Å². The maximum atomic E-state index is 12.7. The van der Waals surface area contributed by atoms with E-state index in [2.05, 4.69) is 0 Å². The summed E-state index contributed by atoms with van der Waals surface area (Å²) in [7, 11) is 0. The quantitative estimate of drug-likeness (QED) is 0.549. The Morgan fingerprint density at radius 2 is 1.92 bits per heavy atom. The molecule has 0 atom stereocenters. The second-order valence-corrected chi connectivity index (χ2v) is 5.60. The van der Waals surface area contributed by atoms with Gasteiger partial charge in [0.1, 0.15) is 17.1 Å². The third-order valence-electron chi connectivity index (χ3n) is 3.92. The summed E-state index contributed by atoms with van der Waals surface area (Å²) in [4.78, 5) is 24.4. The lowest BCUT2D eigenvalue weighted by molar-refractivity contribution is 0.101. The van der Waals surface area contributed by atoms with Gasteiger partial charge in [-0.3, -0.25) is 4.79 Å². The summed E-state index contributed by atoms with van der Waals surface area (Å²) >= 11 is 0. The van der Waals surface area contributed by atoms with Crippen LogP contribution in [0, 0.1) is 6.92 Å². The Morgan fingerprint density at radius 3 is 2.71 bits per heavy atom. The van der Waals surface area contributed by atoms with Gasteiger partial charge in [0.25, 0.3) is 0 Å². The molecule has 0 fully saturated rings. The average Bonchev–Trinajstić information content (AvgIpc) is 2.84. The molecule has 0 aliphatic carbocycles. The number of aryl methyl sites for hydroxylation is 1. The smallest absolute Gasteiger partial charge is 0.336 e. The zero-order valence-corrected chi connectivity index (χ0v) is 12.7. The first-order chi connectivity index (χ1) is 11.5. The van der Waals surface area contributed by atoms with Crippen LogP contribution in [0.2, 0.25) is 0 Å². The summed E-state index contributed by atoms with van der Waals surface area (Å²) in [6.45, 7) is 1.79. The number of carbonyl (C=O) groups excluding carboxylic acids is 1. The van der Waals surface area contributed by atoms with Gasteiger partial charge in [-0.25, -0.2) is 4.79 Å². The number of ketones is 1. The number of ether oxygens (including phenoxy) is 1. The molecule has 4 rings (SSSR count). The van der Waals surface area contributed by atoms with Crippen LogP contribution in [0.15, 0.2) is 57.4 Å². The van der Waals surface area contributed by atoms with Crippen molar-refractivity contribution < 1.29 is 19.1 Å². The molecule has 0 bridgehead atoms. The van der Waals surface area contributed by atoms with Gasteiger partial charge in [0.05, 0.1) is 0 Å². The van der Waals surface area contributed by atoms with Gasteiger partial charge in [-0.05, 0) is 48.4 Å². The zero-order chi connectivity index (χ0) is 16.8. The van der Waals surface area contributed by atoms with E-state index in [1.807, 2.05) is 0 Å². The molecule has 5 nitrogen and oxygen atoms in total. The third kappa shape index (κ3) is 2.18. The molecule has 0 radical (unpaired) electrons. The lowest BCUT2D eigenvalue weighted by Crippen LogP contribution is -2.02. The van der Waals surface area contributed by atoms with Crippen LogP contribution in [0.3, 0.4) is 0 Å². The number of phenolic OH excluding ortho intramolecular Hbond substituents is 1. The van der Waals surface area contributed by atoms with E-state index in [9.17, 15) is 14.7 Å². The standard InChI is InChI=1S/C19H12O5/c1-10-7-16(21)24-19-13(10)5-6-14-17(19)18(22)15(23-14)9-11-3-2-4-12(20)8-11/h2-9,20H,1H3. The molecule has 118 valence electrons. The van der Waals surface area contributed by atoms with Crippen molar-refractivity contribution in [3.8, 4) is 11.5 Å². The van der Waals surface area contributed by atoms with Crippen LogP contribution in [-0.2, 0) is 0 Å². The van der Waals surface area contributed by atoms with Crippen LogP contribution in [-0.4, -0.2) is 10.9 Å². The van der Waals surface area contributed by atoms with Crippen LogP contribution in [0.25, 0.3) is 17.0 Å². The van der Waals surface area contributed by atoms with Crippen LogP contribution >= 0.6 is 0 Å². The largest absolute Gasteiger partial charge is 0.508 e. The number of fused-ring (bicyclic) bond motifs is 3. The molecular formula is C19H12O5. The Morgan fingerprint density at radius 1 is 1.08 bits per heavy atom. The van der Waals surface area contributed by atoms with Crippen molar-refractivity contribution in [1.29, 1.82) is 0 Å². The second-order valence-electron chi connectivity index (χ2n) is 5.60. The van der Waals surface area contributed by atoms with E-state index in [1.165, 1.54) is 12.1 Å². The van der Waals surface area contributed by atoms with E-state index < -0.39 is 5.63 Å². The van der Waals surface area contributed by atoms with Crippen LogP contribution in [0.1, 0.15) is 21.5 Å². The van der Waals surface area contributed by atoms with Gasteiger partial charge in [-0.2, -0.15) is 0 Å². The minimum Gasteiger partial charge on any atom is -0.508 e. The fourth-order valence-corrected chi connectivity index (χ4v) is 2.81. The summed E-state index contributed by atoms with van der Waals surface area (Å²) < 4.78 is 10.9. The SMILES string of the molecule is Cc1cc(=O)oc2c3c(ccc12)OC(=Cc1cccc(O)c1)C3=O. The van der Waals surface area contributed by atoms with Crippen molar-refractivity contribution in [2.45, 2.75) is 6.92 Å². The lowest BCUT2D eigenvalue weighted by Gasteiger charge is -2.02. The predicted octanol–water partition coefficient (Wildman–Crippen LogP) is 3.42. The monoisotopic (exact) mass is 320 g/mol. The molecule has 24 heavy (non-hydrogen) atoms. The average molecular weight is 320 g/mol. The van der Waals surface area contributed by atoms with E-state index >= 15 is 0 Å². The molecule has 1 N–H and O–H groups in total. The predicted molar refractivity (Wildman–Crippen MR) is 88.3 cm³/mol. The number of carbonyl (C=O) groups is 1. The second kappa shape index (κ2) is 5.09. The first-order valence-corrected chi connectivity index (χ1v) is 7.34. The van der Waals surface area contributed by atoms with Crippen molar-refractivity contribution in [1.82, 2.24) is 0 Å². The number of allylic oxidation sites excluding steroid dienone is 1. The molecule has 2 heterocycles. The Bertz CT molecular complexity index is 1090. The maximum Gasteiger partial charge on any atom is 0.336 e. The fourth-order valence-electron chi connectivity index (χ4n) is 2.81. The van der Waals surface area contributed by atoms with E-state index in [-0.39, 0.29) is 28.4 Å². The molecule has 0 saturated heterocycles. The van der Waals surface area contributed by atoms with Gasteiger partial charge < -0.3 is 14.3 Å². The molecule has 1 aliphatic heterocycles. The van der Waals surface area contributed by atoms with Crippen molar-refractivity contribution in [2.24, 2.45) is 0 Å². The first kappa shape index (κ1) is 14.3. The topological polar surface area (TPSA) is 76.7 Å². The highest BCUT2D eigenvalue weighted by atomic mass is 16.5. The Balaban J connectivity index is 1.89. The number of hydrogen-bond donors (Lipinski definition) is 1. The molecule has 2 aromatic carbocycles. The van der Waals surface area contributed by atoms with Gasteiger partial charge >= 0.3 is 5.63 Å². The highest BCUT2D eigenvalue weighted by Gasteiger charge is 2.31. The van der Waals surface area contributed by atoms with Gasteiger partial charge in [0.2, 0.25) is 5.78 Å². The van der Waals surface area contributed by atoms with Gasteiger partial charge in [0.15, 0.2) is 11.3 Å². The van der Waals surface area contributed by atoms with Crippen molar-refractivity contribution >= 4 is 22.8 Å². The minimum absolute atomic E-state index is 0.0966. The number of phenols is 1. The fraction of sp³-hybridized carbons (Fsp3) is 0.0526. The Hall–Kier alpha value is -3.34. The lowest BCUT2D eigenvalue weighted by atomic mass is 10.0. The summed E-state index contributed by atoms with van der Waals surface area (Å²) in [5.74, 6) is 0.215. The van der Waals surface area contributed by atoms with E-state index in [0.29, 0.717) is 16.7 Å². The van der Waals surface area contributed by atoms with Crippen LogP contribution < -0.4 is 10.4 Å². The number of aromatic hydroxyl groups is 1. The van der Waals surface area contributed by atoms with E-state index in [1.54, 1.807) is 43.3 Å². The molecular weight excluding hydrogens is 308 g/mol. The molecule has 1 aromatic heterocycles. The number of Topliss-reactive ketones (excluding diaryl/α,β-unsaturated/α-hetero) is 1. The number of hydrogen-bond acceptors (Lipinski definition) is 5. The maximum absolute atomic E-state index is 12.7. The highest BCUT2D eigenvalue weighted by Crippen LogP contribution is 2.37. The van der Waals surface area contributed by atoms with E-state index in [4.69, 9.17) is 9.15 Å². The molecule has 0 saturated carbocycles.